The first kappa shape index (κ1) is 19.2. The fraction of sp³-hybridized carbons (Fsp3) is 0.158. The van der Waals surface area contributed by atoms with E-state index in [2.05, 4.69) is 5.32 Å². The third-order valence-corrected chi connectivity index (χ3v) is 4.14. The molecule has 0 radical (unpaired) electrons. The van der Waals surface area contributed by atoms with Crippen LogP contribution >= 0.6 is 11.6 Å². The lowest BCUT2D eigenvalue weighted by atomic mass is 10.1. The summed E-state index contributed by atoms with van der Waals surface area (Å²) in [6.45, 7) is 4.24. The lowest BCUT2D eigenvalue weighted by Gasteiger charge is -2.10. The van der Waals surface area contributed by atoms with Crippen LogP contribution in [-0.4, -0.2) is 10.5 Å². The minimum Gasteiger partial charge on any atom is -1.00 e. The fourth-order valence-electron chi connectivity index (χ4n) is 2.61. The molecule has 2 aromatic carbocycles. The van der Waals surface area contributed by atoms with Gasteiger partial charge in [0.2, 0.25) is 6.33 Å². The van der Waals surface area contributed by atoms with Crippen LogP contribution in [0, 0.1) is 13.8 Å². The van der Waals surface area contributed by atoms with Crippen molar-refractivity contribution in [3.05, 3.63) is 77.3 Å². The summed E-state index contributed by atoms with van der Waals surface area (Å²) < 4.78 is 3.79. The number of para-hydroxylation sites is 1. The third kappa shape index (κ3) is 4.71. The van der Waals surface area contributed by atoms with E-state index in [1.807, 2.05) is 84.2 Å². The molecule has 0 unspecified atom stereocenters. The second-order valence-electron chi connectivity index (χ2n) is 5.78. The van der Waals surface area contributed by atoms with Crippen LogP contribution in [0.15, 0.2) is 61.2 Å². The van der Waals surface area contributed by atoms with Crippen molar-refractivity contribution in [1.29, 1.82) is 0 Å². The average molecular weight is 421 g/mol. The summed E-state index contributed by atoms with van der Waals surface area (Å²) in [6, 6.07) is 13.5. The number of imidazole rings is 1. The first-order chi connectivity index (χ1) is 11.5. The van der Waals surface area contributed by atoms with Crippen molar-refractivity contribution in [3.63, 3.8) is 0 Å². The zero-order valence-corrected chi connectivity index (χ0v) is 16.4. The van der Waals surface area contributed by atoms with E-state index in [-0.39, 0.29) is 29.4 Å². The summed E-state index contributed by atoms with van der Waals surface area (Å²) in [7, 11) is 0. The van der Waals surface area contributed by atoms with E-state index in [1.165, 1.54) is 0 Å². The van der Waals surface area contributed by atoms with Crippen molar-refractivity contribution in [2.75, 3.05) is 5.32 Å². The highest BCUT2D eigenvalue weighted by Gasteiger charge is 2.12. The standard InChI is InChI=1S/C19H18ClN3O.BrH/c1-14-4-3-5-15(2)19(14)21-18(24)12-22-10-11-23(13-22)17-8-6-16(20)7-9-17;/h3-11,13H,12H2,1-2H3;1H. The highest BCUT2D eigenvalue weighted by Crippen LogP contribution is 2.19. The minimum atomic E-state index is -0.0498. The van der Waals surface area contributed by atoms with Gasteiger partial charge in [0.15, 0.2) is 6.54 Å². The van der Waals surface area contributed by atoms with E-state index >= 15 is 0 Å². The number of anilines is 1. The van der Waals surface area contributed by atoms with Gasteiger partial charge in [-0.3, -0.25) is 4.79 Å². The van der Waals surface area contributed by atoms with Crippen LogP contribution in [0.1, 0.15) is 11.1 Å². The highest BCUT2D eigenvalue weighted by atomic mass is 79.9. The number of nitrogens with one attached hydrogen (secondary N) is 1. The van der Waals surface area contributed by atoms with Crippen LogP contribution in [0.5, 0.6) is 0 Å². The van der Waals surface area contributed by atoms with Crippen LogP contribution in [0.2, 0.25) is 5.02 Å². The van der Waals surface area contributed by atoms with Gasteiger partial charge >= 0.3 is 0 Å². The molecule has 1 aromatic heterocycles. The zero-order chi connectivity index (χ0) is 17.1. The SMILES string of the molecule is Cc1cccc(C)c1NC(=O)C[n+]1ccn(-c2ccc(Cl)cc2)c1.[Br-]. The van der Waals surface area contributed by atoms with Crippen molar-refractivity contribution < 1.29 is 26.3 Å². The number of halogens is 2. The summed E-state index contributed by atoms with van der Waals surface area (Å²) in [5, 5.41) is 3.70. The number of carbonyl (C=O) groups excluding carboxylic acids is 1. The lowest BCUT2D eigenvalue weighted by Crippen LogP contribution is -3.00. The van der Waals surface area contributed by atoms with Gasteiger partial charge in [-0.25, -0.2) is 9.13 Å². The van der Waals surface area contributed by atoms with Crippen LogP contribution < -0.4 is 26.9 Å². The molecule has 0 atom stereocenters. The summed E-state index contributed by atoms with van der Waals surface area (Å²) >= 11 is 5.91. The van der Waals surface area contributed by atoms with E-state index in [1.54, 1.807) is 0 Å². The molecule has 3 aromatic rings. The molecular formula is C19H19BrClN3O. The number of nitrogens with zero attached hydrogens (tertiary/aromatic N) is 2. The number of aromatic nitrogens is 2. The van der Waals surface area contributed by atoms with Crippen LogP contribution in [0.25, 0.3) is 5.69 Å². The maximum Gasteiger partial charge on any atom is 0.266 e. The Bertz CT molecular complexity index is 854. The number of benzene rings is 2. The van der Waals surface area contributed by atoms with Crippen molar-refractivity contribution in [2.24, 2.45) is 0 Å². The first-order valence-electron chi connectivity index (χ1n) is 7.72. The molecule has 6 heteroatoms. The van der Waals surface area contributed by atoms with E-state index in [9.17, 15) is 4.79 Å². The van der Waals surface area contributed by atoms with Crippen molar-refractivity contribution >= 4 is 23.2 Å². The molecule has 0 aliphatic carbocycles. The van der Waals surface area contributed by atoms with Gasteiger partial charge < -0.3 is 22.3 Å². The topological polar surface area (TPSA) is 37.9 Å². The van der Waals surface area contributed by atoms with Gasteiger partial charge in [-0.15, -0.1) is 0 Å². The van der Waals surface area contributed by atoms with Crippen LogP contribution in [0.3, 0.4) is 0 Å². The molecule has 0 fully saturated rings. The maximum atomic E-state index is 12.3. The molecule has 1 amide bonds. The lowest BCUT2D eigenvalue weighted by molar-refractivity contribution is -0.683. The summed E-state index contributed by atoms with van der Waals surface area (Å²) in [5.41, 5.74) is 4.01. The number of amides is 1. The van der Waals surface area contributed by atoms with Gasteiger partial charge in [-0.05, 0) is 49.2 Å². The van der Waals surface area contributed by atoms with Crippen LogP contribution in [-0.2, 0) is 11.3 Å². The molecule has 0 aliphatic heterocycles. The largest absolute Gasteiger partial charge is 1.00 e. The maximum absolute atomic E-state index is 12.3. The predicted molar refractivity (Wildman–Crippen MR) is 95.5 cm³/mol. The van der Waals surface area contributed by atoms with Gasteiger partial charge in [0.25, 0.3) is 5.91 Å². The van der Waals surface area contributed by atoms with Gasteiger partial charge in [0.1, 0.15) is 18.1 Å². The Kier molecular flexibility index (Phi) is 6.39. The number of carbonyl (C=O) groups is 1. The number of hydrogen-bond donors (Lipinski definition) is 1. The molecule has 0 saturated heterocycles. The zero-order valence-electron chi connectivity index (χ0n) is 14.0. The molecule has 0 saturated carbocycles. The van der Waals surface area contributed by atoms with Crippen molar-refractivity contribution in [1.82, 2.24) is 4.57 Å². The molecule has 130 valence electrons. The molecule has 0 spiro atoms. The Morgan fingerprint density at radius 1 is 1.12 bits per heavy atom. The first-order valence-corrected chi connectivity index (χ1v) is 8.10. The van der Waals surface area contributed by atoms with E-state index < -0.39 is 0 Å². The molecule has 4 nitrogen and oxygen atoms in total. The fourth-order valence-corrected chi connectivity index (χ4v) is 2.74. The van der Waals surface area contributed by atoms with Gasteiger partial charge in [0, 0.05) is 10.7 Å². The predicted octanol–water partition coefficient (Wildman–Crippen LogP) is 0.678. The second kappa shape index (κ2) is 8.32. The normalized spacial score (nSPS) is 10.2. The number of rotatable bonds is 4. The summed E-state index contributed by atoms with van der Waals surface area (Å²) in [6.07, 6.45) is 5.67. The second-order valence-corrected chi connectivity index (χ2v) is 6.22. The Morgan fingerprint density at radius 2 is 1.76 bits per heavy atom. The van der Waals surface area contributed by atoms with E-state index in [4.69, 9.17) is 11.6 Å². The highest BCUT2D eigenvalue weighted by molar-refractivity contribution is 6.30. The van der Waals surface area contributed by atoms with E-state index in [0.29, 0.717) is 5.02 Å². The molecule has 0 bridgehead atoms. The minimum absolute atomic E-state index is 0. The van der Waals surface area contributed by atoms with Gasteiger partial charge in [-0.1, -0.05) is 29.8 Å². The smallest absolute Gasteiger partial charge is 0.266 e. The van der Waals surface area contributed by atoms with Crippen molar-refractivity contribution in [2.45, 2.75) is 20.4 Å². The molecule has 25 heavy (non-hydrogen) atoms. The molecule has 1 N–H and O–H groups in total. The quantitative estimate of drug-likeness (QED) is 0.619. The summed E-state index contributed by atoms with van der Waals surface area (Å²) in [4.78, 5) is 12.3. The number of aryl methyl sites for hydroxylation is 2. The molecule has 1 heterocycles. The Labute approximate surface area is 162 Å². The molecular weight excluding hydrogens is 402 g/mol. The van der Waals surface area contributed by atoms with Gasteiger partial charge in [-0.2, -0.15) is 0 Å². The average Bonchev–Trinajstić information content (AvgIpc) is 3.00. The van der Waals surface area contributed by atoms with E-state index in [0.717, 1.165) is 22.5 Å². The third-order valence-electron chi connectivity index (χ3n) is 3.89. The Balaban J connectivity index is 0.00000225. The number of hydrogen-bond acceptors (Lipinski definition) is 1. The Hall–Kier alpha value is -2.11. The molecule has 0 aliphatic rings. The van der Waals surface area contributed by atoms with Gasteiger partial charge in [0.05, 0.1) is 0 Å². The van der Waals surface area contributed by atoms with Crippen molar-refractivity contribution in [3.8, 4) is 5.69 Å². The summed E-state index contributed by atoms with van der Waals surface area (Å²) in [5.74, 6) is -0.0498. The molecule has 3 rings (SSSR count). The van der Waals surface area contributed by atoms with Crippen LogP contribution in [0.4, 0.5) is 5.69 Å². The Morgan fingerprint density at radius 3 is 2.40 bits per heavy atom. The monoisotopic (exact) mass is 419 g/mol.